The normalized spacial score (nSPS) is 17.2. The molecule has 2 aliphatic heterocycles. The van der Waals surface area contributed by atoms with Crippen LogP contribution in [-0.4, -0.2) is 71.9 Å². The van der Waals surface area contributed by atoms with E-state index in [-0.39, 0.29) is 53.5 Å². The number of sulfonamides is 1. The van der Waals surface area contributed by atoms with Gasteiger partial charge in [0.05, 0.1) is 28.0 Å². The van der Waals surface area contributed by atoms with Crippen molar-refractivity contribution in [3.8, 4) is 0 Å². The molecular formula is C25H25Cl2F2N5O6S. The van der Waals surface area contributed by atoms with Crippen molar-refractivity contribution in [1.29, 1.82) is 0 Å². The highest BCUT2D eigenvalue weighted by Crippen LogP contribution is 2.37. The minimum absolute atomic E-state index is 0.0193. The Kier molecular flexibility index (Phi) is 8.08. The second-order valence-electron chi connectivity index (χ2n) is 10.7. The highest BCUT2D eigenvalue weighted by Gasteiger charge is 2.43. The van der Waals surface area contributed by atoms with E-state index in [1.807, 2.05) is 0 Å². The first kappa shape index (κ1) is 30.6. The lowest BCUT2D eigenvalue weighted by atomic mass is 9.95. The van der Waals surface area contributed by atoms with Gasteiger partial charge in [-0.3, -0.25) is 9.59 Å². The van der Waals surface area contributed by atoms with E-state index in [0.717, 1.165) is 11.0 Å². The first-order valence-corrected chi connectivity index (χ1v) is 14.4. The molecule has 0 aliphatic carbocycles. The van der Waals surface area contributed by atoms with Crippen molar-refractivity contribution < 1.29 is 36.7 Å². The quantitative estimate of drug-likeness (QED) is 0.335. The molecule has 0 fully saturated rings. The fourth-order valence-electron chi connectivity index (χ4n) is 4.61. The number of carbonyl (C=O) groups is 3. The number of nitrogens with zero attached hydrogens (tertiary/aromatic N) is 3. The van der Waals surface area contributed by atoms with Gasteiger partial charge in [0, 0.05) is 31.5 Å². The van der Waals surface area contributed by atoms with Crippen molar-refractivity contribution >= 4 is 56.8 Å². The number of anilines is 1. The van der Waals surface area contributed by atoms with E-state index in [1.165, 1.54) is 11.0 Å². The number of nitrogens with two attached hydrogens (primary N) is 1. The molecule has 11 nitrogen and oxygen atoms in total. The first-order chi connectivity index (χ1) is 18.9. The van der Waals surface area contributed by atoms with Crippen molar-refractivity contribution in [2.45, 2.75) is 38.1 Å². The summed E-state index contributed by atoms with van der Waals surface area (Å²) in [6.45, 7) is 4.87. The van der Waals surface area contributed by atoms with Crippen LogP contribution in [0.1, 0.15) is 36.8 Å². The zero-order chi connectivity index (χ0) is 30.6. The van der Waals surface area contributed by atoms with Gasteiger partial charge in [-0.25, -0.2) is 32.1 Å². The monoisotopic (exact) mass is 631 g/mol. The summed E-state index contributed by atoms with van der Waals surface area (Å²) < 4.78 is 52.8. The Morgan fingerprint density at radius 2 is 1.80 bits per heavy atom. The molecule has 220 valence electrons. The van der Waals surface area contributed by atoms with Crippen LogP contribution < -0.4 is 10.5 Å². The van der Waals surface area contributed by atoms with E-state index < -0.39 is 55.6 Å². The lowest BCUT2D eigenvalue weighted by molar-refractivity contribution is -0.123. The number of carbonyl (C=O) groups excluding carboxylic acids is 2. The number of hydrogen-bond acceptors (Lipinski definition) is 6. The lowest BCUT2D eigenvalue weighted by Crippen LogP contribution is -2.43. The van der Waals surface area contributed by atoms with Crippen LogP contribution in [0.5, 0.6) is 0 Å². The van der Waals surface area contributed by atoms with Crippen molar-refractivity contribution in [3.05, 3.63) is 62.4 Å². The second kappa shape index (κ2) is 10.8. The number of halogens is 4. The molecule has 0 bridgehead atoms. The topological polar surface area (TPSA) is 163 Å². The third-order valence-electron chi connectivity index (χ3n) is 6.78. The predicted octanol–water partition coefficient (Wildman–Crippen LogP) is 3.66. The van der Waals surface area contributed by atoms with E-state index >= 15 is 0 Å². The molecule has 0 saturated heterocycles. The van der Waals surface area contributed by atoms with Crippen LogP contribution in [0.25, 0.3) is 0 Å². The van der Waals surface area contributed by atoms with Crippen LogP contribution in [0.15, 0.2) is 34.2 Å². The van der Waals surface area contributed by atoms with Gasteiger partial charge in [0.1, 0.15) is 10.0 Å². The molecule has 16 heteroatoms. The van der Waals surface area contributed by atoms with Crippen molar-refractivity contribution in [2.75, 3.05) is 25.0 Å². The molecule has 4 N–H and O–H groups in total. The highest BCUT2D eigenvalue weighted by molar-refractivity contribution is 7.89. The molecule has 1 aromatic carbocycles. The lowest BCUT2D eigenvalue weighted by Gasteiger charge is -2.30. The summed E-state index contributed by atoms with van der Waals surface area (Å²) in [4.78, 5) is 43.5. The first-order valence-electron chi connectivity index (χ1n) is 12.1. The van der Waals surface area contributed by atoms with Gasteiger partial charge in [-0.2, -0.15) is 0 Å². The SMILES string of the molecule is CC(C)(C)C(=O)Nc1cc(Cl)c(Cl)nc1CC1C2=C(CN(C(=O)O)C2)CN1C(=O)c1ccc(S(N)(=O)=O)c(F)c1F. The molecule has 1 unspecified atom stereocenters. The molecule has 0 spiro atoms. The summed E-state index contributed by atoms with van der Waals surface area (Å²) in [5.41, 5.74) is -0.0225. The number of primary sulfonamides is 1. The number of amides is 3. The van der Waals surface area contributed by atoms with Gasteiger partial charge >= 0.3 is 6.09 Å². The number of aromatic nitrogens is 1. The molecule has 0 saturated carbocycles. The van der Waals surface area contributed by atoms with Crippen LogP contribution in [0.2, 0.25) is 10.2 Å². The maximum Gasteiger partial charge on any atom is 0.407 e. The Morgan fingerprint density at radius 3 is 2.39 bits per heavy atom. The molecule has 1 aromatic heterocycles. The van der Waals surface area contributed by atoms with Gasteiger partial charge in [0.15, 0.2) is 11.6 Å². The predicted molar refractivity (Wildman–Crippen MR) is 145 cm³/mol. The molecule has 2 aliphatic rings. The smallest absolute Gasteiger partial charge is 0.407 e. The van der Waals surface area contributed by atoms with E-state index in [4.69, 9.17) is 28.3 Å². The summed E-state index contributed by atoms with van der Waals surface area (Å²) in [6.07, 6.45) is -1.29. The fourth-order valence-corrected chi connectivity index (χ4v) is 5.52. The Labute approximate surface area is 244 Å². The Balaban J connectivity index is 1.76. The third-order valence-corrected chi connectivity index (χ3v) is 8.38. The molecule has 2 aromatic rings. The molecule has 3 heterocycles. The molecular weight excluding hydrogens is 607 g/mol. The molecule has 1 atom stereocenters. The van der Waals surface area contributed by atoms with E-state index in [2.05, 4.69) is 10.3 Å². The number of rotatable bonds is 5. The molecule has 3 amide bonds. The van der Waals surface area contributed by atoms with Gasteiger partial charge in [-0.15, -0.1) is 0 Å². The average Bonchev–Trinajstić information content (AvgIpc) is 3.41. The summed E-state index contributed by atoms with van der Waals surface area (Å²) in [6, 6.07) is 2.00. The standard InChI is InChI=1S/C25H25Cl2F2N5O6S/c1-25(2,3)23(36)32-15-6-14(26)21(27)31-16(15)7-17-13-10-33(24(37)38)8-11(13)9-34(17)22(35)12-4-5-18(41(30,39)40)20(29)19(12)28/h4-6,17H,7-10H2,1-3H3,(H,32,36)(H,37,38)(H2,30,39,40). The third kappa shape index (κ3) is 6.01. The van der Waals surface area contributed by atoms with Crippen LogP contribution in [0.3, 0.4) is 0 Å². The largest absolute Gasteiger partial charge is 0.465 e. The number of benzene rings is 1. The van der Waals surface area contributed by atoms with Crippen molar-refractivity contribution in [1.82, 2.24) is 14.8 Å². The average molecular weight is 632 g/mol. The second-order valence-corrected chi connectivity index (χ2v) is 13.0. The summed E-state index contributed by atoms with van der Waals surface area (Å²) in [5, 5.41) is 17.2. The van der Waals surface area contributed by atoms with Gasteiger partial charge in [-0.05, 0) is 29.3 Å². The number of hydrogen-bond donors (Lipinski definition) is 3. The molecule has 4 rings (SSSR count). The summed E-state index contributed by atoms with van der Waals surface area (Å²) in [7, 11) is -4.60. The van der Waals surface area contributed by atoms with Gasteiger partial charge in [-0.1, -0.05) is 44.0 Å². The maximum atomic E-state index is 15.0. The number of nitrogens with one attached hydrogen (secondary N) is 1. The molecule has 41 heavy (non-hydrogen) atoms. The highest BCUT2D eigenvalue weighted by atomic mass is 35.5. The van der Waals surface area contributed by atoms with E-state index in [1.54, 1.807) is 20.8 Å². The number of carboxylic acid groups (broad SMARTS) is 1. The zero-order valence-corrected chi connectivity index (χ0v) is 24.3. The minimum Gasteiger partial charge on any atom is -0.465 e. The van der Waals surface area contributed by atoms with Crippen LogP contribution in [0, 0.1) is 17.0 Å². The van der Waals surface area contributed by atoms with Crippen LogP contribution in [0.4, 0.5) is 19.3 Å². The van der Waals surface area contributed by atoms with E-state index in [0.29, 0.717) is 17.2 Å². The summed E-state index contributed by atoms with van der Waals surface area (Å²) in [5.74, 6) is -4.86. The number of pyridine rings is 1. The Hall–Kier alpha value is -3.33. The van der Waals surface area contributed by atoms with Crippen molar-refractivity contribution in [3.63, 3.8) is 0 Å². The summed E-state index contributed by atoms with van der Waals surface area (Å²) >= 11 is 12.3. The minimum atomic E-state index is -4.60. The van der Waals surface area contributed by atoms with E-state index in [9.17, 15) is 36.7 Å². The van der Waals surface area contributed by atoms with Crippen LogP contribution >= 0.6 is 23.2 Å². The Morgan fingerprint density at radius 1 is 1.15 bits per heavy atom. The van der Waals surface area contributed by atoms with Crippen LogP contribution in [-0.2, 0) is 21.2 Å². The fraction of sp³-hybridized carbons (Fsp3) is 0.360. The zero-order valence-electron chi connectivity index (χ0n) is 22.0. The Bertz CT molecular complexity index is 1630. The van der Waals surface area contributed by atoms with Crippen molar-refractivity contribution in [2.24, 2.45) is 10.6 Å². The maximum absolute atomic E-state index is 15.0. The van der Waals surface area contributed by atoms with Gasteiger partial charge in [0.25, 0.3) is 5.91 Å². The molecule has 0 radical (unpaired) electrons. The van der Waals surface area contributed by atoms with Gasteiger partial charge < -0.3 is 20.2 Å². The van der Waals surface area contributed by atoms with Gasteiger partial charge in [0.2, 0.25) is 15.9 Å².